The first-order valence-corrected chi connectivity index (χ1v) is 9.89. The summed E-state index contributed by atoms with van der Waals surface area (Å²) in [5.41, 5.74) is 1.01. The van der Waals surface area contributed by atoms with Crippen LogP contribution in [0, 0.1) is 0 Å². The summed E-state index contributed by atoms with van der Waals surface area (Å²) in [5.74, 6) is 0.181. The zero-order valence-corrected chi connectivity index (χ0v) is 17.2. The normalized spacial score (nSPS) is 16.3. The first kappa shape index (κ1) is 20.9. The summed E-state index contributed by atoms with van der Waals surface area (Å²) in [4.78, 5) is 25.2. The van der Waals surface area contributed by atoms with Gasteiger partial charge in [0.15, 0.2) is 0 Å². The highest BCUT2D eigenvalue weighted by Crippen LogP contribution is 2.20. The smallest absolute Gasteiger partial charge is 0.255 e. The summed E-state index contributed by atoms with van der Waals surface area (Å²) in [6.07, 6.45) is 2.24. The molecule has 1 atom stereocenters. The lowest BCUT2D eigenvalue weighted by atomic mass is 10.1. The standard InChI is InChI=1S/C23H28N2O4/c1-23(2,3)25-22(27)19-8-4-5-9-20(19)24-21(26)16-10-12-17(13-11-16)29-15-18-7-6-14-28-18/h4-5,8-13,18H,6-7,14-15H2,1-3H3,(H,24,26)(H,25,27). The van der Waals surface area contributed by atoms with Crippen LogP contribution in [-0.2, 0) is 4.74 Å². The van der Waals surface area contributed by atoms with Crippen LogP contribution in [-0.4, -0.2) is 36.7 Å². The third kappa shape index (κ3) is 6.06. The second-order valence-corrected chi connectivity index (χ2v) is 8.17. The molecule has 6 nitrogen and oxygen atoms in total. The number of ether oxygens (including phenoxy) is 2. The van der Waals surface area contributed by atoms with Gasteiger partial charge in [0, 0.05) is 17.7 Å². The molecule has 1 heterocycles. The van der Waals surface area contributed by atoms with E-state index in [0.29, 0.717) is 29.2 Å². The fourth-order valence-electron chi connectivity index (χ4n) is 3.06. The Bertz CT molecular complexity index is 850. The third-order valence-electron chi connectivity index (χ3n) is 4.48. The number of para-hydroxylation sites is 1. The summed E-state index contributed by atoms with van der Waals surface area (Å²) < 4.78 is 11.3. The largest absolute Gasteiger partial charge is 0.491 e. The minimum absolute atomic E-state index is 0.147. The first-order chi connectivity index (χ1) is 13.8. The molecule has 2 amide bonds. The number of carbonyl (C=O) groups is 2. The molecule has 0 aliphatic carbocycles. The van der Waals surface area contributed by atoms with E-state index in [0.717, 1.165) is 19.4 Å². The molecule has 0 saturated carbocycles. The van der Waals surface area contributed by atoms with Gasteiger partial charge in [0.05, 0.1) is 17.4 Å². The van der Waals surface area contributed by atoms with Crippen LogP contribution in [0.25, 0.3) is 0 Å². The number of benzene rings is 2. The van der Waals surface area contributed by atoms with E-state index in [1.165, 1.54) is 0 Å². The van der Waals surface area contributed by atoms with Gasteiger partial charge in [-0.1, -0.05) is 12.1 Å². The predicted octanol–water partition coefficient (Wildman–Crippen LogP) is 4.03. The van der Waals surface area contributed by atoms with Gasteiger partial charge >= 0.3 is 0 Å². The van der Waals surface area contributed by atoms with Crippen molar-refractivity contribution in [3.63, 3.8) is 0 Å². The molecule has 154 valence electrons. The molecule has 6 heteroatoms. The average Bonchev–Trinajstić information content (AvgIpc) is 3.19. The van der Waals surface area contributed by atoms with Crippen LogP contribution in [0.4, 0.5) is 5.69 Å². The van der Waals surface area contributed by atoms with E-state index < -0.39 is 0 Å². The minimum atomic E-state index is -0.367. The van der Waals surface area contributed by atoms with Crippen molar-refractivity contribution < 1.29 is 19.1 Å². The van der Waals surface area contributed by atoms with E-state index in [4.69, 9.17) is 9.47 Å². The van der Waals surface area contributed by atoms with Crippen molar-refractivity contribution >= 4 is 17.5 Å². The number of anilines is 1. The lowest BCUT2D eigenvalue weighted by Crippen LogP contribution is -2.40. The van der Waals surface area contributed by atoms with E-state index in [9.17, 15) is 9.59 Å². The fourth-order valence-corrected chi connectivity index (χ4v) is 3.06. The SMILES string of the molecule is CC(C)(C)NC(=O)c1ccccc1NC(=O)c1ccc(OCC2CCCO2)cc1. The molecular weight excluding hydrogens is 368 g/mol. The van der Waals surface area contributed by atoms with Crippen LogP contribution < -0.4 is 15.4 Å². The molecule has 0 aromatic heterocycles. The summed E-state index contributed by atoms with van der Waals surface area (Å²) >= 11 is 0. The van der Waals surface area contributed by atoms with Crippen molar-refractivity contribution in [1.29, 1.82) is 0 Å². The van der Waals surface area contributed by atoms with Gasteiger partial charge in [-0.15, -0.1) is 0 Å². The Morgan fingerprint density at radius 2 is 1.79 bits per heavy atom. The second kappa shape index (κ2) is 9.09. The Morgan fingerprint density at radius 1 is 1.07 bits per heavy atom. The quantitative estimate of drug-likeness (QED) is 0.773. The topological polar surface area (TPSA) is 76.7 Å². The van der Waals surface area contributed by atoms with Gasteiger partial charge in [-0.2, -0.15) is 0 Å². The van der Waals surface area contributed by atoms with Gasteiger partial charge in [-0.3, -0.25) is 9.59 Å². The van der Waals surface area contributed by atoms with Crippen LogP contribution in [0.2, 0.25) is 0 Å². The number of hydrogen-bond donors (Lipinski definition) is 2. The van der Waals surface area contributed by atoms with E-state index in [2.05, 4.69) is 10.6 Å². The Morgan fingerprint density at radius 3 is 2.45 bits per heavy atom. The van der Waals surface area contributed by atoms with Crippen molar-refractivity contribution in [2.24, 2.45) is 0 Å². The van der Waals surface area contributed by atoms with Crippen LogP contribution in [0.5, 0.6) is 5.75 Å². The lowest BCUT2D eigenvalue weighted by molar-refractivity contribution is 0.0679. The molecule has 1 saturated heterocycles. The first-order valence-electron chi connectivity index (χ1n) is 9.89. The molecule has 0 spiro atoms. The molecule has 2 N–H and O–H groups in total. The van der Waals surface area contributed by atoms with E-state index in [-0.39, 0.29) is 23.5 Å². The number of carbonyl (C=O) groups excluding carboxylic acids is 2. The molecule has 1 aliphatic rings. The highest BCUT2D eigenvalue weighted by atomic mass is 16.5. The summed E-state index contributed by atoms with van der Waals surface area (Å²) in [6.45, 7) is 7.04. The van der Waals surface area contributed by atoms with Crippen LogP contribution >= 0.6 is 0 Å². The van der Waals surface area contributed by atoms with E-state index in [1.807, 2.05) is 20.8 Å². The summed E-state index contributed by atoms with van der Waals surface area (Å²) in [5, 5.41) is 5.75. The van der Waals surface area contributed by atoms with Gasteiger partial charge in [-0.25, -0.2) is 0 Å². The van der Waals surface area contributed by atoms with Crippen molar-refractivity contribution in [3.8, 4) is 5.75 Å². The van der Waals surface area contributed by atoms with E-state index in [1.54, 1.807) is 48.5 Å². The molecule has 3 rings (SSSR count). The Balaban J connectivity index is 1.63. The van der Waals surface area contributed by atoms with Gasteiger partial charge < -0.3 is 20.1 Å². The number of amides is 2. The molecule has 2 aromatic rings. The van der Waals surface area contributed by atoms with Gasteiger partial charge in [0.25, 0.3) is 11.8 Å². The highest BCUT2D eigenvalue weighted by molar-refractivity contribution is 6.09. The minimum Gasteiger partial charge on any atom is -0.491 e. The zero-order chi connectivity index (χ0) is 20.9. The molecule has 29 heavy (non-hydrogen) atoms. The van der Waals surface area contributed by atoms with E-state index >= 15 is 0 Å². The van der Waals surface area contributed by atoms with Crippen LogP contribution in [0.1, 0.15) is 54.3 Å². The summed E-state index contributed by atoms with van der Waals surface area (Å²) in [6, 6.07) is 13.9. The average molecular weight is 396 g/mol. The predicted molar refractivity (Wildman–Crippen MR) is 113 cm³/mol. The number of hydrogen-bond acceptors (Lipinski definition) is 4. The number of rotatable bonds is 6. The zero-order valence-electron chi connectivity index (χ0n) is 17.2. The van der Waals surface area contributed by atoms with Gasteiger partial charge in [-0.05, 0) is 70.0 Å². The molecule has 0 radical (unpaired) electrons. The number of nitrogens with one attached hydrogen (secondary N) is 2. The van der Waals surface area contributed by atoms with Crippen molar-refractivity contribution in [2.45, 2.75) is 45.3 Å². The van der Waals surface area contributed by atoms with Crippen molar-refractivity contribution in [2.75, 3.05) is 18.5 Å². The lowest BCUT2D eigenvalue weighted by Gasteiger charge is -2.21. The van der Waals surface area contributed by atoms with Gasteiger partial charge in [0.2, 0.25) is 0 Å². The Kier molecular flexibility index (Phi) is 6.54. The molecule has 1 fully saturated rings. The second-order valence-electron chi connectivity index (χ2n) is 8.17. The molecule has 0 bridgehead atoms. The molecule has 1 aliphatic heterocycles. The molecule has 1 unspecified atom stereocenters. The summed E-state index contributed by atoms with van der Waals surface area (Å²) in [7, 11) is 0. The third-order valence-corrected chi connectivity index (χ3v) is 4.48. The maximum atomic E-state index is 12.6. The van der Waals surface area contributed by atoms with Crippen molar-refractivity contribution in [1.82, 2.24) is 5.32 Å². The fraction of sp³-hybridized carbons (Fsp3) is 0.391. The van der Waals surface area contributed by atoms with Crippen LogP contribution in [0.15, 0.2) is 48.5 Å². The van der Waals surface area contributed by atoms with Crippen LogP contribution in [0.3, 0.4) is 0 Å². The highest BCUT2D eigenvalue weighted by Gasteiger charge is 2.19. The van der Waals surface area contributed by atoms with Gasteiger partial charge in [0.1, 0.15) is 12.4 Å². The monoisotopic (exact) mass is 396 g/mol. The Labute approximate surface area is 171 Å². The van der Waals surface area contributed by atoms with Crippen molar-refractivity contribution in [3.05, 3.63) is 59.7 Å². The Hall–Kier alpha value is -2.86. The molecule has 2 aromatic carbocycles. The maximum absolute atomic E-state index is 12.6. The maximum Gasteiger partial charge on any atom is 0.255 e. The molecular formula is C23H28N2O4.